The molecule has 0 atom stereocenters. The van der Waals surface area contributed by atoms with Crippen molar-refractivity contribution in [2.24, 2.45) is 0 Å². The second-order valence-electron chi connectivity index (χ2n) is 14.4. The zero-order valence-corrected chi connectivity index (χ0v) is 35.4. The molecule has 0 aliphatic carbocycles. The molecule has 0 saturated heterocycles. The van der Waals surface area contributed by atoms with Crippen molar-refractivity contribution in [1.82, 2.24) is 30.4 Å². The van der Waals surface area contributed by atoms with Crippen molar-refractivity contribution in [1.29, 1.82) is 0 Å². The van der Waals surface area contributed by atoms with Crippen molar-refractivity contribution in [3.05, 3.63) is 92.6 Å². The Bertz CT molecular complexity index is 2190. The maximum Gasteiger partial charge on any atom is 0.256 e. The Balaban J connectivity index is 0.000000218. The van der Waals surface area contributed by atoms with Gasteiger partial charge in [-0.2, -0.15) is 0 Å². The van der Waals surface area contributed by atoms with E-state index in [1.165, 1.54) is 6.07 Å². The Morgan fingerprint density at radius 1 is 0.763 bits per heavy atom. The van der Waals surface area contributed by atoms with Gasteiger partial charge in [-0.1, -0.05) is 27.7 Å². The SMILES string of the molecule is CCN(CC)CCNC(=O)c1c(C)[nH]c(/C=C2\C(=O)Nc3ccc(O)cc32)c1C.CCN(CC)CCNC(=O)c1c(C)[nH]c(C=O)c1C.Nc1ccc2c(c1)CC(=O)N2. The quantitative estimate of drug-likeness (QED) is 0.0364. The molecule has 9 N–H and O–H groups in total. The van der Waals surface area contributed by atoms with Gasteiger partial charge in [0.15, 0.2) is 6.29 Å². The normalized spacial score (nSPS) is 13.2. The second-order valence-corrected chi connectivity index (χ2v) is 14.4. The molecule has 15 heteroatoms. The average Bonchev–Trinajstić information content (AvgIpc) is 3.91. The summed E-state index contributed by atoms with van der Waals surface area (Å²) in [6.07, 6.45) is 2.94. The number of nitrogens with zero attached hydrogens (tertiary/aromatic N) is 2. The van der Waals surface area contributed by atoms with E-state index in [0.717, 1.165) is 73.8 Å². The summed E-state index contributed by atoms with van der Waals surface area (Å²) in [6.45, 7) is 22.4. The summed E-state index contributed by atoms with van der Waals surface area (Å²) >= 11 is 0. The van der Waals surface area contributed by atoms with Crippen LogP contribution in [-0.4, -0.2) is 107 Å². The van der Waals surface area contributed by atoms with Crippen molar-refractivity contribution >= 4 is 58.6 Å². The number of hydrogen-bond acceptors (Lipinski definition) is 9. The number of nitrogens with one attached hydrogen (secondary N) is 6. The monoisotopic (exact) mass is 809 g/mol. The first kappa shape index (κ1) is 45.5. The molecule has 4 heterocycles. The van der Waals surface area contributed by atoms with Crippen molar-refractivity contribution in [2.75, 3.05) is 68.7 Å². The van der Waals surface area contributed by atoms with E-state index >= 15 is 0 Å². The van der Waals surface area contributed by atoms with Gasteiger partial charge in [-0.15, -0.1) is 0 Å². The van der Waals surface area contributed by atoms with Crippen molar-refractivity contribution < 1.29 is 29.1 Å². The highest BCUT2D eigenvalue weighted by atomic mass is 16.3. The lowest BCUT2D eigenvalue weighted by molar-refractivity contribution is -0.115. The molecular weight excluding hydrogens is 751 g/mol. The Labute approximate surface area is 346 Å². The van der Waals surface area contributed by atoms with Crippen molar-refractivity contribution in [2.45, 2.75) is 61.8 Å². The minimum Gasteiger partial charge on any atom is -0.508 e. The van der Waals surface area contributed by atoms with Crippen LogP contribution >= 0.6 is 0 Å². The van der Waals surface area contributed by atoms with Gasteiger partial charge in [0.1, 0.15) is 5.75 Å². The van der Waals surface area contributed by atoms with Crippen LogP contribution in [0.25, 0.3) is 11.6 Å². The summed E-state index contributed by atoms with van der Waals surface area (Å²) in [6, 6.07) is 10.2. The molecule has 0 unspecified atom stereocenters. The molecule has 2 aliphatic heterocycles. The number of amides is 4. The fraction of sp³-hybridized carbons (Fsp3) is 0.386. The fourth-order valence-electron chi connectivity index (χ4n) is 7.12. The van der Waals surface area contributed by atoms with E-state index in [1.54, 1.807) is 38.1 Å². The van der Waals surface area contributed by atoms with Crippen LogP contribution in [0.2, 0.25) is 0 Å². The molecular formula is C44H59N9O6. The number of benzene rings is 2. The predicted octanol–water partition coefficient (Wildman–Crippen LogP) is 5.18. The van der Waals surface area contributed by atoms with Gasteiger partial charge in [-0.05, 0) is 113 Å². The second kappa shape index (κ2) is 21.0. The largest absolute Gasteiger partial charge is 0.508 e. The Hall–Kier alpha value is -6.19. The van der Waals surface area contributed by atoms with E-state index in [0.29, 0.717) is 70.1 Å². The van der Waals surface area contributed by atoms with Crippen LogP contribution in [0.5, 0.6) is 5.75 Å². The van der Waals surface area contributed by atoms with E-state index in [9.17, 15) is 29.1 Å². The van der Waals surface area contributed by atoms with E-state index < -0.39 is 0 Å². The molecule has 0 saturated carbocycles. The van der Waals surface area contributed by atoms with Crippen LogP contribution in [-0.2, 0) is 16.0 Å². The summed E-state index contributed by atoms with van der Waals surface area (Å²) in [5.74, 6) is -0.333. The molecule has 59 heavy (non-hydrogen) atoms. The molecule has 0 fully saturated rings. The number of anilines is 3. The third kappa shape index (κ3) is 11.5. The molecule has 2 aromatic heterocycles. The Morgan fingerprint density at radius 3 is 1.81 bits per heavy atom. The molecule has 4 aromatic rings. The zero-order valence-electron chi connectivity index (χ0n) is 35.4. The lowest BCUT2D eigenvalue weighted by Gasteiger charge is -2.18. The number of nitrogens with two attached hydrogens (primary N) is 1. The molecule has 4 amide bonds. The van der Waals surface area contributed by atoms with E-state index in [-0.39, 0.29) is 29.4 Å². The number of fused-ring (bicyclic) bond motifs is 2. The smallest absolute Gasteiger partial charge is 0.256 e. The molecule has 0 spiro atoms. The summed E-state index contributed by atoms with van der Waals surface area (Å²) in [7, 11) is 0. The first-order valence-corrected chi connectivity index (χ1v) is 20.0. The van der Waals surface area contributed by atoms with Crippen LogP contribution in [0, 0.1) is 27.7 Å². The number of hydrogen-bond donors (Lipinski definition) is 8. The number of carbonyl (C=O) groups is 5. The Morgan fingerprint density at radius 2 is 1.29 bits per heavy atom. The van der Waals surface area contributed by atoms with E-state index in [1.807, 2.05) is 26.0 Å². The van der Waals surface area contributed by atoms with Crippen LogP contribution in [0.3, 0.4) is 0 Å². The van der Waals surface area contributed by atoms with E-state index in [4.69, 9.17) is 5.73 Å². The van der Waals surface area contributed by atoms with Crippen LogP contribution in [0.1, 0.15) is 98.2 Å². The summed E-state index contributed by atoms with van der Waals surface area (Å²) in [5.41, 5.74) is 15.3. The van der Waals surface area contributed by atoms with E-state index in [2.05, 4.69) is 68.7 Å². The first-order valence-electron chi connectivity index (χ1n) is 20.0. The Kier molecular flexibility index (Phi) is 16.2. The maximum absolute atomic E-state index is 12.7. The number of aldehydes is 1. The number of aromatic nitrogens is 2. The van der Waals surface area contributed by atoms with Gasteiger partial charge in [0.05, 0.1) is 28.8 Å². The van der Waals surface area contributed by atoms with Crippen LogP contribution < -0.4 is 27.0 Å². The minimum atomic E-state index is -0.234. The van der Waals surface area contributed by atoms with Gasteiger partial charge in [0.25, 0.3) is 17.7 Å². The summed E-state index contributed by atoms with van der Waals surface area (Å²) in [4.78, 5) is 69.5. The molecule has 15 nitrogen and oxygen atoms in total. The molecule has 2 aliphatic rings. The third-order valence-corrected chi connectivity index (χ3v) is 10.6. The van der Waals surface area contributed by atoms with Gasteiger partial charge >= 0.3 is 0 Å². The number of H-pyrrole nitrogens is 2. The highest BCUT2D eigenvalue weighted by molar-refractivity contribution is 6.35. The standard InChI is InChI=1S/C22H28N4O3.C14H23N3O2.C8H8N2O/c1-5-26(6-2)10-9-23-22(29)20-13(3)19(24-14(20)4)12-17-16-11-15(27)7-8-18(16)25-21(17)28;1-5-17(6-2)8-7-15-14(19)13-10(3)12(9-18)16-11(13)4;9-6-1-2-7-5(3-6)4-8(11)10-7/h7-8,11-12,24,27H,5-6,9-10H2,1-4H3,(H,23,29)(H,25,28);9,16H,5-8H2,1-4H3,(H,15,19);1-3H,4,9H2,(H,10,11)/b17-12-;;. The predicted molar refractivity (Wildman–Crippen MR) is 234 cm³/mol. The molecule has 6 rings (SSSR count). The number of carbonyl (C=O) groups excluding carboxylic acids is 5. The fourth-order valence-corrected chi connectivity index (χ4v) is 7.12. The number of nitrogen functional groups attached to an aromatic ring is 1. The molecule has 316 valence electrons. The zero-order chi connectivity index (χ0) is 43.4. The summed E-state index contributed by atoms with van der Waals surface area (Å²) in [5, 5.41) is 21.2. The number of aryl methyl sites for hydroxylation is 2. The van der Waals surface area contributed by atoms with Crippen LogP contribution in [0.15, 0.2) is 36.4 Å². The number of likely N-dealkylation sites (N-methyl/N-ethyl adjacent to an activating group) is 2. The first-order chi connectivity index (χ1) is 28.1. The lowest BCUT2D eigenvalue weighted by Crippen LogP contribution is -2.35. The van der Waals surface area contributed by atoms with Crippen LogP contribution in [0.4, 0.5) is 17.1 Å². The van der Waals surface area contributed by atoms with Gasteiger partial charge < -0.3 is 51.9 Å². The average molecular weight is 810 g/mol. The minimum absolute atomic E-state index is 0.0469. The molecule has 0 bridgehead atoms. The molecule has 0 radical (unpaired) electrons. The number of aromatic hydroxyl groups is 1. The highest BCUT2D eigenvalue weighted by Gasteiger charge is 2.26. The number of aromatic amines is 2. The highest BCUT2D eigenvalue weighted by Crippen LogP contribution is 2.36. The summed E-state index contributed by atoms with van der Waals surface area (Å²) < 4.78 is 0. The van der Waals surface area contributed by atoms with Gasteiger partial charge in [0.2, 0.25) is 5.91 Å². The lowest BCUT2D eigenvalue weighted by atomic mass is 10.0. The topological polar surface area (TPSA) is 218 Å². The van der Waals surface area contributed by atoms with Gasteiger partial charge in [0, 0.05) is 65.9 Å². The van der Waals surface area contributed by atoms with Gasteiger partial charge in [-0.25, -0.2) is 0 Å². The number of rotatable bonds is 14. The number of phenolic OH excluding ortho intramolecular Hbond substituents is 1. The van der Waals surface area contributed by atoms with Crippen molar-refractivity contribution in [3.8, 4) is 5.75 Å². The van der Waals surface area contributed by atoms with Crippen molar-refractivity contribution in [3.63, 3.8) is 0 Å². The van der Waals surface area contributed by atoms with Gasteiger partial charge in [-0.3, -0.25) is 24.0 Å². The maximum atomic E-state index is 12.7. The third-order valence-electron chi connectivity index (χ3n) is 10.6. The molecule has 2 aromatic carbocycles. The number of phenols is 1.